The molecule has 1 heterocycles. The van der Waals surface area contributed by atoms with Gasteiger partial charge in [-0.15, -0.1) is 0 Å². The van der Waals surface area contributed by atoms with Crippen LogP contribution in [0.5, 0.6) is 0 Å². The molecule has 1 saturated carbocycles. The minimum atomic E-state index is -3.46. The lowest BCUT2D eigenvalue weighted by molar-refractivity contribution is 0.336. The van der Waals surface area contributed by atoms with Crippen LogP contribution in [-0.2, 0) is 16.6 Å². The summed E-state index contributed by atoms with van der Waals surface area (Å²) >= 11 is 0. The molecular formula is C15H27N3O2S. The molecule has 5 nitrogen and oxygen atoms in total. The maximum atomic E-state index is 12.5. The SMILES string of the molecule is CC(C)n1cc(S(=O)(=O)NCC2(C)CCCC2)cc1CN. The molecule has 0 atom stereocenters. The van der Waals surface area contributed by atoms with Crippen molar-refractivity contribution < 1.29 is 8.42 Å². The molecule has 1 aromatic rings. The van der Waals surface area contributed by atoms with Crippen LogP contribution in [0, 0.1) is 5.41 Å². The monoisotopic (exact) mass is 313 g/mol. The van der Waals surface area contributed by atoms with E-state index < -0.39 is 10.0 Å². The number of nitrogens with two attached hydrogens (primary N) is 1. The second kappa shape index (κ2) is 6.10. The van der Waals surface area contributed by atoms with Gasteiger partial charge < -0.3 is 10.3 Å². The van der Waals surface area contributed by atoms with Gasteiger partial charge >= 0.3 is 0 Å². The summed E-state index contributed by atoms with van der Waals surface area (Å²) in [5, 5.41) is 0. The molecule has 1 aliphatic rings. The Morgan fingerprint density at radius 3 is 2.48 bits per heavy atom. The van der Waals surface area contributed by atoms with Crippen molar-refractivity contribution in [1.29, 1.82) is 0 Å². The standard InChI is InChI=1S/C15H27N3O2S/c1-12(2)18-10-14(8-13(18)9-16)21(19,20)17-11-15(3)6-4-5-7-15/h8,10,12,17H,4-7,9,11,16H2,1-3H3. The van der Waals surface area contributed by atoms with Crippen LogP contribution in [0.1, 0.15) is 58.2 Å². The largest absolute Gasteiger partial charge is 0.346 e. The van der Waals surface area contributed by atoms with Crippen LogP contribution >= 0.6 is 0 Å². The van der Waals surface area contributed by atoms with Gasteiger partial charge in [0.25, 0.3) is 0 Å². The quantitative estimate of drug-likeness (QED) is 0.846. The van der Waals surface area contributed by atoms with E-state index in [-0.39, 0.29) is 11.5 Å². The number of hydrogen-bond acceptors (Lipinski definition) is 3. The van der Waals surface area contributed by atoms with E-state index in [4.69, 9.17) is 5.73 Å². The summed E-state index contributed by atoms with van der Waals surface area (Å²) in [5.41, 5.74) is 6.65. The van der Waals surface area contributed by atoms with Crippen LogP contribution in [0.2, 0.25) is 0 Å². The van der Waals surface area contributed by atoms with E-state index in [1.807, 2.05) is 18.4 Å². The molecule has 1 fully saturated rings. The number of rotatable bonds is 6. The van der Waals surface area contributed by atoms with E-state index in [1.165, 1.54) is 12.8 Å². The van der Waals surface area contributed by atoms with Gasteiger partial charge in [-0.1, -0.05) is 19.8 Å². The first kappa shape index (κ1) is 16.5. The number of nitrogens with zero attached hydrogens (tertiary/aromatic N) is 1. The number of aromatic nitrogens is 1. The minimum absolute atomic E-state index is 0.102. The smallest absolute Gasteiger partial charge is 0.242 e. The van der Waals surface area contributed by atoms with Crippen LogP contribution in [-0.4, -0.2) is 19.5 Å². The maximum Gasteiger partial charge on any atom is 0.242 e. The van der Waals surface area contributed by atoms with Gasteiger partial charge in [-0.05, 0) is 38.2 Å². The molecular weight excluding hydrogens is 286 g/mol. The Morgan fingerprint density at radius 1 is 1.38 bits per heavy atom. The Kier molecular flexibility index (Phi) is 4.80. The fourth-order valence-corrected chi connectivity index (χ4v) is 4.29. The average Bonchev–Trinajstić information content (AvgIpc) is 3.03. The van der Waals surface area contributed by atoms with Gasteiger partial charge in [0, 0.05) is 31.0 Å². The molecule has 0 radical (unpaired) electrons. The van der Waals surface area contributed by atoms with Gasteiger partial charge in [0.15, 0.2) is 0 Å². The van der Waals surface area contributed by atoms with Gasteiger partial charge in [0.1, 0.15) is 0 Å². The second-order valence-electron chi connectivity index (χ2n) is 6.71. The summed E-state index contributed by atoms with van der Waals surface area (Å²) in [7, 11) is -3.46. The molecule has 0 amide bonds. The Hall–Kier alpha value is -0.850. The topological polar surface area (TPSA) is 77.1 Å². The molecule has 0 spiro atoms. The molecule has 120 valence electrons. The first-order valence-corrected chi connectivity index (χ1v) is 9.16. The highest BCUT2D eigenvalue weighted by Gasteiger charge is 2.30. The molecule has 2 rings (SSSR count). The third-order valence-corrected chi connectivity index (χ3v) is 5.85. The van der Waals surface area contributed by atoms with E-state index in [9.17, 15) is 8.42 Å². The molecule has 0 saturated heterocycles. The number of sulfonamides is 1. The molecule has 0 unspecified atom stereocenters. The summed E-state index contributed by atoms with van der Waals surface area (Å²) < 4.78 is 29.6. The van der Waals surface area contributed by atoms with Crippen LogP contribution in [0.4, 0.5) is 0 Å². The van der Waals surface area contributed by atoms with Crippen LogP contribution in [0.3, 0.4) is 0 Å². The van der Waals surface area contributed by atoms with Crippen molar-refractivity contribution in [3.8, 4) is 0 Å². The Balaban J connectivity index is 2.15. The second-order valence-corrected chi connectivity index (χ2v) is 8.48. The summed E-state index contributed by atoms with van der Waals surface area (Å²) in [6, 6.07) is 1.87. The lowest BCUT2D eigenvalue weighted by Gasteiger charge is -2.23. The van der Waals surface area contributed by atoms with Crippen molar-refractivity contribution in [3.63, 3.8) is 0 Å². The zero-order valence-corrected chi connectivity index (χ0v) is 14.0. The third-order valence-electron chi connectivity index (χ3n) is 4.48. The molecule has 21 heavy (non-hydrogen) atoms. The van der Waals surface area contributed by atoms with Gasteiger partial charge in [0.2, 0.25) is 10.0 Å². The van der Waals surface area contributed by atoms with Crippen molar-refractivity contribution in [3.05, 3.63) is 18.0 Å². The normalized spacial score (nSPS) is 18.5. The van der Waals surface area contributed by atoms with Gasteiger partial charge in [-0.2, -0.15) is 0 Å². The van der Waals surface area contributed by atoms with E-state index >= 15 is 0 Å². The summed E-state index contributed by atoms with van der Waals surface area (Å²) in [5.74, 6) is 0. The zero-order valence-electron chi connectivity index (χ0n) is 13.2. The summed E-state index contributed by atoms with van der Waals surface area (Å²) in [4.78, 5) is 0.318. The Morgan fingerprint density at radius 2 is 2.00 bits per heavy atom. The highest BCUT2D eigenvalue weighted by atomic mass is 32.2. The van der Waals surface area contributed by atoms with Gasteiger partial charge in [-0.3, -0.25) is 0 Å². The van der Waals surface area contributed by atoms with E-state index in [0.717, 1.165) is 18.5 Å². The van der Waals surface area contributed by atoms with Crippen LogP contribution in [0.15, 0.2) is 17.2 Å². The van der Waals surface area contributed by atoms with Crippen LogP contribution in [0.25, 0.3) is 0 Å². The molecule has 0 aromatic carbocycles. The first-order valence-electron chi connectivity index (χ1n) is 7.68. The van der Waals surface area contributed by atoms with Crippen molar-refractivity contribution >= 4 is 10.0 Å². The zero-order chi connectivity index (χ0) is 15.7. The average molecular weight is 313 g/mol. The van der Waals surface area contributed by atoms with Crippen LogP contribution < -0.4 is 10.5 Å². The molecule has 1 aromatic heterocycles. The molecule has 3 N–H and O–H groups in total. The number of hydrogen-bond donors (Lipinski definition) is 2. The van der Waals surface area contributed by atoms with Crippen molar-refractivity contribution in [2.75, 3.05) is 6.54 Å². The Bertz CT molecular complexity index is 584. The van der Waals surface area contributed by atoms with Gasteiger partial charge in [-0.25, -0.2) is 13.1 Å². The van der Waals surface area contributed by atoms with Gasteiger partial charge in [0.05, 0.1) is 4.90 Å². The summed E-state index contributed by atoms with van der Waals surface area (Å²) in [6.45, 7) is 7.05. The van der Waals surface area contributed by atoms with E-state index in [2.05, 4.69) is 11.6 Å². The van der Waals surface area contributed by atoms with E-state index in [1.54, 1.807) is 12.3 Å². The highest BCUT2D eigenvalue weighted by molar-refractivity contribution is 7.89. The van der Waals surface area contributed by atoms with Crippen molar-refractivity contribution in [2.24, 2.45) is 11.1 Å². The first-order chi connectivity index (χ1) is 9.77. The summed E-state index contributed by atoms with van der Waals surface area (Å²) in [6.07, 6.45) is 6.26. The highest BCUT2D eigenvalue weighted by Crippen LogP contribution is 2.37. The molecule has 0 aliphatic heterocycles. The molecule has 1 aliphatic carbocycles. The predicted molar refractivity (Wildman–Crippen MR) is 84.5 cm³/mol. The fourth-order valence-electron chi connectivity index (χ4n) is 3.05. The van der Waals surface area contributed by atoms with Crippen molar-refractivity contribution in [1.82, 2.24) is 9.29 Å². The predicted octanol–water partition coefficient (Wildman–Crippen LogP) is 2.39. The minimum Gasteiger partial charge on any atom is -0.346 e. The molecule has 0 bridgehead atoms. The number of nitrogens with one attached hydrogen (secondary N) is 1. The van der Waals surface area contributed by atoms with Crippen molar-refractivity contribution in [2.45, 2.75) is 63.9 Å². The Labute approximate surface area is 128 Å². The van der Waals surface area contributed by atoms with E-state index in [0.29, 0.717) is 18.0 Å². The third kappa shape index (κ3) is 3.67. The molecule has 6 heteroatoms. The fraction of sp³-hybridized carbons (Fsp3) is 0.733. The maximum absolute atomic E-state index is 12.5. The lowest BCUT2D eigenvalue weighted by Crippen LogP contribution is -2.34. The lowest BCUT2D eigenvalue weighted by atomic mass is 9.89.